The summed E-state index contributed by atoms with van der Waals surface area (Å²) in [4.78, 5) is 15.6. The number of phenols is 1. The summed E-state index contributed by atoms with van der Waals surface area (Å²) in [7, 11) is 1.56. The number of carbonyl (C=O) groups excluding carboxylic acids is 1. The number of piperidine rings is 1. The number of phenolic OH excluding ortho intramolecular Hbond substituents is 1. The van der Waals surface area contributed by atoms with Crippen molar-refractivity contribution in [3.63, 3.8) is 0 Å². The molecule has 3 aromatic rings. The van der Waals surface area contributed by atoms with Crippen molar-refractivity contribution >= 4 is 27.3 Å². The fourth-order valence-corrected chi connectivity index (χ4v) is 5.12. The second-order valence-corrected chi connectivity index (χ2v) is 8.17. The Morgan fingerprint density at radius 2 is 1.93 bits per heavy atom. The van der Waals surface area contributed by atoms with E-state index in [9.17, 15) is 14.3 Å². The lowest BCUT2D eigenvalue weighted by Gasteiger charge is -2.32. The van der Waals surface area contributed by atoms with Crippen LogP contribution in [0.1, 0.15) is 39.6 Å². The number of likely N-dealkylation sites (tertiary alicyclic amines) is 1. The number of aromatic hydroxyl groups is 1. The lowest BCUT2D eigenvalue weighted by atomic mass is 9.89. The third-order valence-electron chi connectivity index (χ3n) is 5.39. The molecule has 0 atom stereocenters. The van der Waals surface area contributed by atoms with Crippen LogP contribution in [-0.2, 0) is 11.3 Å². The van der Waals surface area contributed by atoms with Crippen LogP contribution in [-0.4, -0.2) is 36.1 Å². The van der Waals surface area contributed by atoms with E-state index in [0.717, 1.165) is 17.5 Å². The number of thiophene rings is 1. The summed E-state index contributed by atoms with van der Waals surface area (Å²) in [6, 6.07) is 12.2. The zero-order valence-electron chi connectivity index (χ0n) is 15.7. The van der Waals surface area contributed by atoms with Gasteiger partial charge >= 0.3 is 0 Å². The van der Waals surface area contributed by atoms with Crippen molar-refractivity contribution in [1.82, 2.24) is 4.90 Å². The van der Waals surface area contributed by atoms with Crippen LogP contribution >= 0.6 is 11.3 Å². The Balaban J connectivity index is 1.55. The highest BCUT2D eigenvalue weighted by molar-refractivity contribution is 7.21. The quantitative estimate of drug-likeness (QED) is 0.678. The summed E-state index contributed by atoms with van der Waals surface area (Å²) < 4.78 is 20.4. The molecule has 1 saturated heterocycles. The van der Waals surface area contributed by atoms with E-state index in [4.69, 9.17) is 4.74 Å². The van der Waals surface area contributed by atoms with E-state index in [1.165, 1.54) is 23.0 Å². The van der Waals surface area contributed by atoms with Gasteiger partial charge in [-0.25, -0.2) is 4.39 Å². The van der Waals surface area contributed by atoms with E-state index >= 15 is 0 Å². The van der Waals surface area contributed by atoms with Gasteiger partial charge in [0.2, 0.25) is 0 Å². The van der Waals surface area contributed by atoms with Crippen LogP contribution in [0.2, 0.25) is 0 Å². The zero-order valence-corrected chi connectivity index (χ0v) is 16.5. The summed E-state index contributed by atoms with van der Waals surface area (Å²) in [6.45, 7) is 1.53. The number of benzene rings is 2. The summed E-state index contributed by atoms with van der Waals surface area (Å²) in [6.07, 6.45) is 1.74. The first-order valence-electron chi connectivity index (χ1n) is 9.35. The van der Waals surface area contributed by atoms with E-state index < -0.39 is 0 Å². The molecule has 4 rings (SSSR count). The molecule has 4 nitrogen and oxygen atoms in total. The number of nitrogens with zero attached hydrogens (tertiary/aromatic N) is 1. The lowest BCUT2D eigenvalue weighted by Crippen LogP contribution is -2.37. The van der Waals surface area contributed by atoms with Gasteiger partial charge in [-0.1, -0.05) is 18.2 Å². The topological polar surface area (TPSA) is 49.8 Å². The first-order valence-corrected chi connectivity index (χ1v) is 10.2. The number of hydrogen-bond donors (Lipinski definition) is 1. The van der Waals surface area contributed by atoms with Crippen molar-refractivity contribution < 1.29 is 19.0 Å². The number of methoxy groups -OCH3 is 1. The molecule has 0 unspecified atom stereocenters. The minimum Gasteiger partial charge on any atom is -0.508 e. The molecule has 1 amide bonds. The molecule has 1 N–H and O–H groups in total. The molecule has 1 aromatic heterocycles. The molecule has 0 radical (unpaired) electrons. The van der Waals surface area contributed by atoms with Crippen molar-refractivity contribution in [1.29, 1.82) is 0 Å². The lowest BCUT2D eigenvalue weighted by molar-refractivity contribution is 0.0714. The maximum absolute atomic E-state index is 14.4. The second kappa shape index (κ2) is 7.89. The van der Waals surface area contributed by atoms with Crippen molar-refractivity contribution in [3.05, 3.63) is 64.3 Å². The minimum atomic E-state index is -0.314. The molecular weight excluding hydrogens is 377 g/mol. The number of fused-ring (bicyclic) bond motifs is 1. The summed E-state index contributed by atoms with van der Waals surface area (Å²) in [5, 5.41) is 9.95. The predicted octanol–water partition coefficient (Wildman–Crippen LogP) is 4.91. The van der Waals surface area contributed by atoms with Crippen LogP contribution in [0, 0.1) is 5.82 Å². The molecule has 2 heterocycles. The molecule has 0 aliphatic carbocycles. The van der Waals surface area contributed by atoms with Crippen LogP contribution in [0.4, 0.5) is 4.39 Å². The van der Waals surface area contributed by atoms with Crippen LogP contribution in [0.5, 0.6) is 5.75 Å². The zero-order chi connectivity index (χ0) is 19.7. The highest BCUT2D eigenvalue weighted by Crippen LogP contribution is 2.36. The summed E-state index contributed by atoms with van der Waals surface area (Å²) >= 11 is 1.34. The average molecular weight is 399 g/mol. The maximum atomic E-state index is 14.4. The second-order valence-electron chi connectivity index (χ2n) is 7.11. The monoisotopic (exact) mass is 399 g/mol. The number of carbonyl (C=O) groups is 1. The number of ether oxygens (including phenoxy) is 1. The molecule has 1 aliphatic heterocycles. The molecule has 0 bridgehead atoms. The van der Waals surface area contributed by atoms with Crippen molar-refractivity contribution in [2.75, 3.05) is 20.2 Å². The molecular formula is C22H22FNO3S. The largest absolute Gasteiger partial charge is 0.508 e. The van der Waals surface area contributed by atoms with Crippen LogP contribution < -0.4 is 0 Å². The number of halogens is 1. The van der Waals surface area contributed by atoms with Gasteiger partial charge in [0.1, 0.15) is 11.6 Å². The van der Waals surface area contributed by atoms with Gasteiger partial charge in [-0.2, -0.15) is 0 Å². The third kappa shape index (κ3) is 3.50. The van der Waals surface area contributed by atoms with Gasteiger partial charge in [-0.15, -0.1) is 11.3 Å². The first-order chi connectivity index (χ1) is 13.6. The van der Waals surface area contributed by atoms with E-state index in [1.54, 1.807) is 25.3 Å². The number of rotatable bonds is 4. The Morgan fingerprint density at radius 1 is 1.21 bits per heavy atom. The van der Waals surface area contributed by atoms with Crippen LogP contribution in [0.25, 0.3) is 10.1 Å². The highest BCUT2D eigenvalue weighted by Gasteiger charge is 2.28. The standard InChI is InChI=1S/C22H22FNO3S/c1-27-13-17-20-18(23)3-2-4-19(20)28-21(17)22(26)24-11-9-15(10-12-24)14-5-7-16(25)8-6-14/h2-8,15,25H,9-13H2,1H3. The maximum Gasteiger partial charge on any atom is 0.264 e. The molecule has 0 spiro atoms. The van der Waals surface area contributed by atoms with E-state index in [0.29, 0.717) is 34.8 Å². The molecule has 6 heteroatoms. The fourth-order valence-electron chi connectivity index (χ4n) is 3.93. The van der Waals surface area contributed by atoms with Gasteiger partial charge in [0.25, 0.3) is 5.91 Å². The van der Waals surface area contributed by atoms with Gasteiger partial charge in [-0.3, -0.25) is 4.79 Å². The number of hydrogen-bond acceptors (Lipinski definition) is 4. The Bertz CT molecular complexity index is 991. The highest BCUT2D eigenvalue weighted by atomic mass is 32.1. The van der Waals surface area contributed by atoms with E-state index in [1.807, 2.05) is 23.1 Å². The summed E-state index contributed by atoms with van der Waals surface area (Å²) in [5.74, 6) is 0.282. The predicted molar refractivity (Wildman–Crippen MR) is 108 cm³/mol. The van der Waals surface area contributed by atoms with E-state index in [2.05, 4.69) is 0 Å². The normalized spacial score (nSPS) is 15.3. The van der Waals surface area contributed by atoms with Crippen molar-refractivity contribution in [3.8, 4) is 5.75 Å². The molecule has 1 fully saturated rings. The fraction of sp³-hybridized carbons (Fsp3) is 0.318. The third-order valence-corrected chi connectivity index (χ3v) is 6.58. The van der Waals surface area contributed by atoms with Gasteiger partial charge in [0.15, 0.2) is 0 Å². The summed E-state index contributed by atoms with van der Waals surface area (Å²) in [5.41, 5.74) is 1.83. The molecule has 146 valence electrons. The van der Waals surface area contributed by atoms with Gasteiger partial charge in [-0.05, 0) is 48.6 Å². The van der Waals surface area contributed by atoms with E-state index in [-0.39, 0.29) is 24.1 Å². The van der Waals surface area contributed by atoms with Crippen LogP contribution in [0.3, 0.4) is 0 Å². The Morgan fingerprint density at radius 3 is 2.61 bits per heavy atom. The molecule has 2 aromatic carbocycles. The van der Waals surface area contributed by atoms with Gasteiger partial charge < -0.3 is 14.7 Å². The molecule has 0 saturated carbocycles. The van der Waals surface area contributed by atoms with Crippen molar-refractivity contribution in [2.24, 2.45) is 0 Å². The Kier molecular flexibility index (Phi) is 5.33. The minimum absolute atomic E-state index is 0.0446. The first kappa shape index (κ1) is 18.9. The Hall–Kier alpha value is -2.44. The van der Waals surface area contributed by atoms with Gasteiger partial charge in [0, 0.05) is 35.8 Å². The van der Waals surface area contributed by atoms with Gasteiger partial charge in [0.05, 0.1) is 11.5 Å². The molecule has 1 aliphatic rings. The number of amides is 1. The SMILES string of the molecule is COCc1c(C(=O)N2CCC(c3ccc(O)cc3)CC2)sc2cccc(F)c12. The Labute approximate surface area is 167 Å². The smallest absolute Gasteiger partial charge is 0.264 e. The molecule has 28 heavy (non-hydrogen) atoms. The average Bonchev–Trinajstić information content (AvgIpc) is 3.08. The van der Waals surface area contributed by atoms with Crippen molar-refractivity contribution in [2.45, 2.75) is 25.4 Å². The van der Waals surface area contributed by atoms with Crippen LogP contribution in [0.15, 0.2) is 42.5 Å².